The van der Waals surface area contributed by atoms with Gasteiger partial charge < -0.3 is 0 Å². The van der Waals surface area contributed by atoms with E-state index in [-0.39, 0.29) is 47.9 Å². The van der Waals surface area contributed by atoms with Crippen LogP contribution in [0.4, 0.5) is 0 Å². The molecular weight excluding hydrogens is 913 g/mol. The molecule has 0 radical (unpaired) electrons. The Balaban J connectivity index is 0.941. The number of hydrogen-bond acceptors (Lipinski definition) is 2. The second-order valence-corrected chi connectivity index (χ2v) is 39.1. The molecule has 0 amide bonds. The van der Waals surface area contributed by atoms with Gasteiger partial charge in [0.1, 0.15) is 0 Å². The average Bonchev–Trinajstić information content (AvgIpc) is 3.56. The van der Waals surface area contributed by atoms with Gasteiger partial charge in [0.05, 0.1) is 0 Å². The van der Waals surface area contributed by atoms with E-state index in [1.807, 2.05) is 0 Å². The first-order valence-electron chi connectivity index (χ1n) is 27.9. The maximum atomic E-state index is 13.1. The summed E-state index contributed by atoms with van der Waals surface area (Å²) in [5.74, 6) is 6.54. The molecule has 1 aliphatic heterocycles. The van der Waals surface area contributed by atoms with E-state index < -0.39 is 0 Å². The fourth-order valence-corrected chi connectivity index (χ4v) is 38.7. The van der Waals surface area contributed by atoms with Gasteiger partial charge in [0, 0.05) is 0 Å². The van der Waals surface area contributed by atoms with Gasteiger partial charge in [0.2, 0.25) is 0 Å². The molecule has 8 atom stereocenters. The van der Waals surface area contributed by atoms with Gasteiger partial charge in [-0.2, -0.15) is 0 Å². The van der Waals surface area contributed by atoms with Crippen LogP contribution >= 0.6 is 15.9 Å². The fraction of sp³-hybridized carbons (Fsp3) is 0.625. The van der Waals surface area contributed by atoms with Gasteiger partial charge in [-0.15, -0.1) is 0 Å². The van der Waals surface area contributed by atoms with E-state index in [0.717, 1.165) is 45.7 Å². The van der Waals surface area contributed by atoms with Gasteiger partial charge in [-0.25, -0.2) is 0 Å². The number of phenolic OH excluding ortho intramolecular Hbond substituents is 2. The summed E-state index contributed by atoms with van der Waals surface area (Å²) in [5.41, 5.74) is 14.6. The molecule has 8 bridgehead atoms. The Morgan fingerprint density at radius 3 is 1.19 bits per heavy atom. The van der Waals surface area contributed by atoms with Crippen molar-refractivity contribution in [1.29, 1.82) is 0 Å². The molecule has 14 rings (SSSR count). The Bertz CT molecular complexity index is 2530. The third-order valence-electron chi connectivity index (χ3n) is 20.4. The van der Waals surface area contributed by atoms with Crippen molar-refractivity contribution in [1.82, 2.24) is 0 Å². The van der Waals surface area contributed by atoms with Crippen molar-refractivity contribution >= 4 is 15.9 Å². The summed E-state index contributed by atoms with van der Waals surface area (Å²) in [6.07, 6.45) is 23.7. The van der Waals surface area contributed by atoms with Crippen molar-refractivity contribution in [3.8, 4) is 11.5 Å². The molecule has 0 saturated heterocycles. The van der Waals surface area contributed by atoms with Gasteiger partial charge in [0.15, 0.2) is 0 Å². The number of benzene rings is 4. The Morgan fingerprint density at radius 1 is 0.493 bits per heavy atom. The number of aromatic hydroxyl groups is 2. The molecule has 368 valence electrons. The summed E-state index contributed by atoms with van der Waals surface area (Å²) < 4.78 is 0. The molecule has 9 fully saturated rings. The van der Waals surface area contributed by atoms with Crippen molar-refractivity contribution in [2.75, 3.05) is 0 Å². The molecule has 9 saturated carbocycles. The molecule has 10 aliphatic rings. The minimum atomic E-state index is -0.342. The molecule has 69 heavy (non-hydrogen) atoms. The zero-order chi connectivity index (χ0) is 47.9. The van der Waals surface area contributed by atoms with Crippen molar-refractivity contribution < 1.29 is 25.7 Å². The molecular formula is C64H84O2S2Ti. The zero-order valence-corrected chi connectivity index (χ0v) is 46.9. The van der Waals surface area contributed by atoms with Gasteiger partial charge in [-0.3, -0.25) is 0 Å². The summed E-state index contributed by atoms with van der Waals surface area (Å²) in [6.45, 7) is 18.9. The summed E-state index contributed by atoms with van der Waals surface area (Å²) in [4.78, 5) is 0. The van der Waals surface area contributed by atoms with E-state index in [2.05, 4.69) is 128 Å². The SMILES string of the molecule is Cc1ccc(C23CC4CC(C2)CC(c2cc(C(C)(C)C)cc(C[S]5=[Ti]=[S](Cc6cc(C(C)(C)C)cc(C78CC9CC(CC(c%10ccc(C)cc%10)(C9)C7)C8)c6O)[C@H]6CCCCCCC65)c2O)(C4)C3)cc1. The first kappa shape index (κ1) is 47.9. The van der Waals surface area contributed by atoms with Crippen LogP contribution in [0.5, 0.6) is 11.5 Å². The van der Waals surface area contributed by atoms with E-state index >= 15 is 0 Å². The van der Waals surface area contributed by atoms with Crippen molar-refractivity contribution in [2.24, 2.45) is 23.7 Å². The standard InChI is InChI=1S/C64H84O2S2.Ti/c1-41-15-19-49(20-16-41)61-29-43-23-44(30-61)34-63(33-43,39-61)53-27-51(59(3,4)5)25-47(57(53)65)37-67-55-13-11-9-10-12-14-56(55)68-38-48-26-52(60(6,7)8)28-54(58(48)66)64-35-45-24-46(36-64)32-62(31-45,40-64)50-21-17-42(2)18-22-50;/h15-22,25-28,43-46,55-56,65-66H,9-14,23-24,29-40H2,1-8H3;/t43?,44?,45?,46?,55-,56?,61?,62?,63?,64?;/m0./s1. The van der Waals surface area contributed by atoms with E-state index in [1.165, 1.54) is 160 Å². The number of rotatable bonds is 8. The predicted molar refractivity (Wildman–Crippen MR) is 290 cm³/mol. The van der Waals surface area contributed by atoms with Crippen LogP contribution in [-0.2, 0) is 59.5 Å². The molecule has 0 spiro atoms. The normalized spacial score (nSPS) is 36.7. The third-order valence-corrected chi connectivity index (χ3v) is 36.3. The fourth-order valence-electron chi connectivity index (χ4n) is 17.9. The zero-order valence-electron chi connectivity index (χ0n) is 43.7. The Hall–Kier alpha value is -2.11. The monoisotopic (exact) mass is 997 g/mol. The van der Waals surface area contributed by atoms with Gasteiger partial charge >= 0.3 is 417 Å². The summed E-state index contributed by atoms with van der Waals surface area (Å²) >= 11 is -0.342. The second-order valence-electron chi connectivity index (χ2n) is 27.6. The van der Waals surface area contributed by atoms with Crippen LogP contribution < -0.4 is 0 Å². The summed E-state index contributed by atoms with van der Waals surface area (Å²) in [5, 5.41) is 27.7. The molecule has 1 heterocycles. The molecule has 2 N–H and O–H groups in total. The van der Waals surface area contributed by atoms with Crippen LogP contribution in [0, 0.1) is 37.5 Å². The Kier molecular flexibility index (Phi) is 12.0. The van der Waals surface area contributed by atoms with E-state index in [4.69, 9.17) is 0 Å². The van der Waals surface area contributed by atoms with Crippen LogP contribution in [0.25, 0.3) is 0 Å². The second kappa shape index (κ2) is 17.2. The average molecular weight is 997 g/mol. The topological polar surface area (TPSA) is 40.5 Å². The van der Waals surface area contributed by atoms with Crippen LogP contribution in [-0.4, -0.2) is 20.7 Å². The number of fused-ring (bicyclic) bond motifs is 1. The molecule has 9 aliphatic carbocycles. The van der Waals surface area contributed by atoms with Crippen LogP contribution in [0.3, 0.4) is 0 Å². The number of aryl methyl sites for hydroxylation is 2. The first-order chi connectivity index (χ1) is 32.8. The molecule has 4 aromatic carbocycles. The quantitative estimate of drug-likeness (QED) is 0.173. The van der Waals surface area contributed by atoms with Gasteiger partial charge in [-0.1, -0.05) is 0 Å². The maximum absolute atomic E-state index is 13.1. The molecule has 5 heteroatoms. The van der Waals surface area contributed by atoms with Crippen LogP contribution in [0.2, 0.25) is 0 Å². The van der Waals surface area contributed by atoms with Crippen molar-refractivity contribution in [2.45, 2.75) is 225 Å². The van der Waals surface area contributed by atoms with Gasteiger partial charge in [-0.05, 0) is 13.8 Å². The minimum absolute atomic E-state index is 0.0139. The first-order valence-corrected chi connectivity index (χ1v) is 34.6. The van der Waals surface area contributed by atoms with Crippen LogP contribution in [0.1, 0.15) is 213 Å². The molecule has 2 nitrogen and oxygen atoms in total. The molecule has 0 aromatic heterocycles. The number of phenols is 2. The molecule has 7 unspecified atom stereocenters. The van der Waals surface area contributed by atoms with Gasteiger partial charge in [0.25, 0.3) is 0 Å². The molecule has 4 aromatic rings. The Labute approximate surface area is 427 Å². The summed E-state index contributed by atoms with van der Waals surface area (Å²) in [6, 6.07) is 29.3. The number of hydrogen-bond donors (Lipinski definition) is 2. The predicted octanol–water partition coefficient (Wildman–Crippen LogP) is 17.1. The van der Waals surface area contributed by atoms with Crippen molar-refractivity contribution in [3.63, 3.8) is 0 Å². The third kappa shape index (κ3) is 8.41. The summed E-state index contributed by atoms with van der Waals surface area (Å²) in [7, 11) is 0.602. The van der Waals surface area contributed by atoms with E-state index in [0.29, 0.717) is 27.4 Å². The van der Waals surface area contributed by atoms with Crippen LogP contribution in [0.15, 0.2) is 72.8 Å². The Morgan fingerprint density at radius 2 is 0.841 bits per heavy atom. The van der Waals surface area contributed by atoms with Crippen molar-refractivity contribution in [3.05, 3.63) is 128 Å². The van der Waals surface area contributed by atoms with E-state index in [1.54, 1.807) is 11.1 Å². The van der Waals surface area contributed by atoms with E-state index in [9.17, 15) is 10.2 Å².